The molecule has 1 amide bonds. The summed E-state index contributed by atoms with van der Waals surface area (Å²) < 4.78 is 27.5. The maximum atomic E-state index is 13.0. The van der Waals surface area contributed by atoms with E-state index in [9.17, 15) is 13.2 Å². The summed E-state index contributed by atoms with van der Waals surface area (Å²) in [5.74, 6) is 0.0743. The number of carbonyl (C=O) groups is 1. The molecule has 6 nitrogen and oxygen atoms in total. The van der Waals surface area contributed by atoms with Crippen LogP contribution in [0.5, 0.6) is 0 Å². The van der Waals surface area contributed by atoms with Crippen molar-refractivity contribution in [2.75, 3.05) is 32.7 Å². The normalized spacial score (nSPS) is 21.8. The van der Waals surface area contributed by atoms with Crippen LogP contribution < -0.4 is 5.32 Å². The average molecular weight is 388 g/mol. The third-order valence-corrected chi connectivity index (χ3v) is 6.98. The Morgan fingerprint density at radius 3 is 2.48 bits per heavy atom. The van der Waals surface area contributed by atoms with Gasteiger partial charge in [0.15, 0.2) is 0 Å². The first-order valence-corrected chi connectivity index (χ1v) is 9.93. The van der Waals surface area contributed by atoms with E-state index in [4.69, 9.17) is 0 Å². The molecule has 25 heavy (non-hydrogen) atoms. The van der Waals surface area contributed by atoms with Crippen molar-refractivity contribution in [1.29, 1.82) is 0 Å². The number of benzene rings is 1. The first kappa shape index (κ1) is 20.2. The number of amides is 1. The maximum absolute atomic E-state index is 13.0. The molecule has 1 aromatic carbocycles. The number of sulfonamides is 1. The van der Waals surface area contributed by atoms with E-state index in [1.807, 2.05) is 24.0 Å². The minimum atomic E-state index is -3.47. The summed E-state index contributed by atoms with van der Waals surface area (Å²) in [4.78, 5) is 13.8. The summed E-state index contributed by atoms with van der Waals surface area (Å²) in [5.41, 5.74) is 2.19. The molecule has 0 bridgehead atoms. The van der Waals surface area contributed by atoms with Crippen LogP contribution in [0.15, 0.2) is 23.1 Å². The smallest absolute Gasteiger partial charge is 0.243 e. The van der Waals surface area contributed by atoms with Crippen molar-refractivity contribution in [3.63, 3.8) is 0 Å². The Hall–Kier alpha value is -1.15. The van der Waals surface area contributed by atoms with Gasteiger partial charge < -0.3 is 10.2 Å². The van der Waals surface area contributed by atoms with Gasteiger partial charge in [-0.05, 0) is 43.0 Å². The maximum Gasteiger partial charge on any atom is 0.243 e. The van der Waals surface area contributed by atoms with Gasteiger partial charge in [0.1, 0.15) is 0 Å². The first-order chi connectivity index (χ1) is 11.4. The molecule has 0 aromatic heterocycles. The van der Waals surface area contributed by atoms with Gasteiger partial charge in [-0.3, -0.25) is 4.79 Å². The Balaban J connectivity index is 0.00000225. The minimum Gasteiger partial charge on any atom is -0.342 e. The second-order valence-electron chi connectivity index (χ2n) is 6.61. The second kappa shape index (κ2) is 8.03. The van der Waals surface area contributed by atoms with Gasteiger partial charge in [-0.25, -0.2) is 8.42 Å². The molecular formula is C17H26ClN3O3S. The highest BCUT2D eigenvalue weighted by atomic mass is 35.5. The fraction of sp³-hybridized carbons (Fsp3) is 0.588. The number of rotatable bonds is 2. The quantitative estimate of drug-likeness (QED) is 0.823. The molecule has 140 valence electrons. The highest BCUT2D eigenvalue weighted by Gasteiger charge is 2.31. The van der Waals surface area contributed by atoms with Crippen molar-refractivity contribution in [2.24, 2.45) is 0 Å². The van der Waals surface area contributed by atoms with Gasteiger partial charge in [0, 0.05) is 45.7 Å². The van der Waals surface area contributed by atoms with Crippen LogP contribution >= 0.6 is 12.4 Å². The topological polar surface area (TPSA) is 69.7 Å². The van der Waals surface area contributed by atoms with Gasteiger partial charge in [-0.15, -0.1) is 12.4 Å². The van der Waals surface area contributed by atoms with Crippen molar-refractivity contribution in [1.82, 2.24) is 14.5 Å². The van der Waals surface area contributed by atoms with Crippen LogP contribution in [0.25, 0.3) is 0 Å². The largest absolute Gasteiger partial charge is 0.342 e. The van der Waals surface area contributed by atoms with Crippen molar-refractivity contribution in [3.8, 4) is 0 Å². The predicted octanol–water partition coefficient (Wildman–Crippen LogP) is 1.04. The van der Waals surface area contributed by atoms with Crippen LogP contribution in [0.1, 0.15) is 25.0 Å². The predicted molar refractivity (Wildman–Crippen MR) is 99.6 cm³/mol. The molecule has 0 aliphatic carbocycles. The third-order valence-electron chi connectivity index (χ3n) is 4.97. The summed E-state index contributed by atoms with van der Waals surface area (Å²) in [6.45, 7) is 6.72. The van der Waals surface area contributed by atoms with Gasteiger partial charge in [0.05, 0.1) is 4.90 Å². The van der Waals surface area contributed by atoms with Crippen molar-refractivity contribution in [2.45, 2.75) is 37.6 Å². The van der Waals surface area contributed by atoms with E-state index in [-0.39, 0.29) is 24.4 Å². The molecular weight excluding hydrogens is 362 g/mol. The standard InChI is InChI=1S/C17H25N3O3S.ClH/c1-13-12-18-7-10-20(13)24(22,23)17-4-3-15-5-8-19(14(2)21)9-6-16(15)11-17;/h3-4,11,13,18H,5-10,12H2,1-2H3;1H/t13-;/m1./s1. The zero-order valence-corrected chi connectivity index (χ0v) is 16.3. The molecule has 3 rings (SSSR count). The molecule has 0 saturated carbocycles. The van der Waals surface area contributed by atoms with Crippen LogP contribution in [-0.2, 0) is 27.7 Å². The van der Waals surface area contributed by atoms with Gasteiger partial charge in [-0.2, -0.15) is 4.31 Å². The summed E-state index contributed by atoms with van der Waals surface area (Å²) in [5, 5.41) is 3.22. The van der Waals surface area contributed by atoms with E-state index >= 15 is 0 Å². The van der Waals surface area contributed by atoms with E-state index in [0.717, 1.165) is 17.5 Å². The molecule has 0 unspecified atom stereocenters. The van der Waals surface area contributed by atoms with Gasteiger partial charge in [-0.1, -0.05) is 6.07 Å². The fourth-order valence-electron chi connectivity index (χ4n) is 3.49. The van der Waals surface area contributed by atoms with Gasteiger partial charge >= 0.3 is 0 Å². The molecule has 2 heterocycles. The fourth-order valence-corrected chi connectivity index (χ4v) is 5.17. The van der Waals surface area contributed by atoms with E-state index in [2.05, 4.69) is 5.32 Å². The lowest BCUT2D eigenvalue weighted by molar-refractivity contribution is -0.128. The third kappa shape index (κ3) is 4.16. The molecule has 0 radical (unpaired) electrons. The van der Waals surface area contributed by atoms with Crippen molar-refractivity contribution < 1.29 is 13.2 Å². The number of hydrogen-bond donors (Lipinski definition) is 1. The van der Waals surface area contributed by atoms with Crippen LogP contribution in [0.4, 0.5) is 0 Å². The Morgan fingerprint density at radius 2 is 1.84 bits per heavy atom. The van der Waals surface area contributed by atoms with Crippen LogP contribution in [0, 0.1) is 0 Å². The van der Waals surface area contributed by atoms with Crippen LogP contribution in [-0.4, -0.2) is 62.3 Å². The molecule has 1 atom stereocenters. The van der Waals surface area contributed by atoms with Crippen molar-refractivity contribution >= 4 is 28.3 Å². The highest BCUT2D eigenvalue weighted by molar-refractivity contribution is 7.89. The molecule has 2 aliphatic rings. The highest BCUT2D eigenvalue weighted by Crippen LogP contribution is 2.24. The second-order valence-corrected chi connectivity index (χ2v) is 8.50. The lowest BCUT2D eigenvalue weighted by atomic mass is 10.0. The molecule has 0 spiro atoms. The Morgan fingerprint density at radius 1 is 1.16 bits per heavy atom. The molecule has 8 heteroatoms. The van der Waals surface area contributed by atoms with E-state index in [0.29, 0.717) is 44.0 Å². The van der Waals surface area contributed by atoms with Gasteiger partial charge in [0.2, 0.25) is 15.9 Å². The first-order valence-electron chi connectivity index (χ1n) is 8.49. The van der Waals surface area contributed by atoms with Crippen molar-refractivity contribution in [3.05, 3.63) is 29.3 Å². The lowest BCUT2D eigenvalue weighted by Gasteiger charge is -2.33. The number of hydrogen-bond acceptors (Lipinski definition) is 4. The number of carbonyl (C=O) groups excluding carboxylic acids is 1. The Kier molecular flexibility index (Phi) is 6.48. The van der Waals surface area contributed by atoms with Gasteiger partial charge in [0.25, 0.3) is 0 Å². The van der Waals surface area contributed by atoms with Crippen LogP contribution in [0.3, 0.4) is 0 Å². The minimum absolute atomic E-state index is 0. The average Bonchev–Trinajstić information content (AvgIpc) is 2.77. The Labute approximate surface area is 156 Å². The molecule has 1 fully saturated rings. The zero-order valence-electron chi connectivity index (χ0n) is 14.7. The lowest BCUT2D eigenvalue weighted by Crippen LogP contribution is -2.52. The van der Waals surface area contributed by atoms with E-state index < -0.39 is 10.0 Å². The van der Waals surface area contributed by atoms with E-state index in [1.54, 1.807) is 17.3 Å². The number of piperazine rings is 1. The molecule has 2 aliphatic heterocycles. The number of nitrogens with zero attached hydrogens (tertiary/aromatic N) is 2. The number of nitrogens with one attached hydrogen (secondary N) is 1. The summed E-state index contributed by atoms with van der Waals surface area (Å²) >= 11 is 0. The zero-order chi connectivity index (χ0) is 17.3. The summed E-state index contributed by atoms with van der Waals surface area (Å²) in [6, 6.07) is 5.39. The van der Waals surface area contributed by atoms with E-state index in [1.165, 1.54) is 0 Å². The van der Waals surface area contributed by atoms with Crippen LogP contribution in [0.2, 0.25) is 0 Å². The summed E-state index contributed by atoms with van der Waals surface area (Å²) in [6.07, 6.45) is 1.48. The molecule has 1 saturated heterocycles. The summed E-state index contributed by atoms with van der Waals surface area (Å²) in [7, 11) is -3.47. The molecule has 1 aromatic rings. The number of fused-ring (bicyclic) bond motifs is 1. The SMILES string of the molecule is CC(=O)N1CCc2ccc(S(=O)(=O)N3CCNC[C@H]3C)cc2CC1.Cl. The Bertz CT molecular complexity index is 739. The molecule has 1 N–H and O–H groups in total. The number of halogens is 1. The monoisotopic (exact) mass is 387 g/mol.